The first-order valence-electron chi connectivity index (χ1n) is 7.68. The van der Waals surface area contributed by atoms with E-state index in [0.717, 1.165) is 24.0 Å². The first-order valence-corrected chi connectivity index (χ1v) is 7.68. The van der Waals surface area contributed by atoms with E-state index in [1.54, 1.807) is 0 Å². The van der Waals surface area contributed by atoms with Crippen LogP contribution in [0.25, 0.3) is 0 Å². The minimum absolute atomic E-state index is 0.0435. The van der Waals surface area contributed by atoms with E-state index < -0.39 is 0 Å². The van der Waals surface area contributed by atoms with Crippen molar-refractivity contribution in [3.63, 3.8) is 0 Å². The first kappa shape index (κ1) is 16.2. The van der Waals surface area contributed by atoms with E-state index in [9.17, 15) is 4.79 Å². The topological polar surface area (TPSA) is 35.5 Å². The Bertz CT molecular complexity index is 512. The fourth-order valence-electron chi connectivity index (χ4n) is 2.16. The number of hydrogen-bond donors (Lipinski definition) is 0. The summed E-state index contributed by atoms with van der Waals surface area (Å²) in [6.45, 7) is 2.48. The molecule has 0 aliphatic rings. The summed E-state index contributed by atoms with van der Waals surface area (Å²) in [5, 5.41) is 0. The second-order valence-electron chi connectivity index (χ2n) is 5.09. The highest BCUT2D eigenvalue weighted by atomic mass is 16.6. The molecular formula is C19H22O3. The van der Waals surface area contributed by atoms with E-state index in [1.165, 1.54) is 0 Å². The highest BCUT2D eigenvalue weighted by molar-refractivity contribution is 5.70. The molecular weight excluding hydrogens is 276 g/mol. The minimum Gasteiger partial charge on any atom is -0.464 e. The van der Waals surface area contributed by atoms with Crippen LogP contribution >= 0.6 is 0 Å². The van der Waals surface area contributed by atoms with Crippen LogP contribution in [0.4, 0.5) is 0 Å². The standard InChI is InChI=1S/C19H22O3/c1-2-3-14-21-18(20)15-22-19(16-10-6-4-7-11-16)17-12-8-5-9-13-17/h4-13,19H,2-3,14-15H2,1H3. The van der Waals surface area contributed by atoms with Gasteiger partial charge in [-0.1, -0.05) is 74.0 Å². The Hall–Kier alpha value is -2.13. The normalized spacial score (nSPS) is 10.6. The highest BCUT2D eigenvalue weighted by Gasteiger charge is 2.16. The zero-order valence-corrected chi connectivity index (χ0v) is 12.9. The van der Waals surface area contributed by atoms with E-state index >= 15 is 0 Å². The number of rotatable bonds is 8. The Kier molecular flexibility index (Phi) is 6.65. The highest BCUT2D eigenvalue weighted by Crippen LogP contribution is 2.25. The van der Waals surface area contributed by atoms with Gasteiger partial charge in [0.2, 0.25) is 0 Å². The number of carbonyl (C=O) groups excluding carboxylic acids is 1. The lowest BCUT2D eigenvalue weighted by Gasteiger charge is -2.18. The molecule has 0 spiro atoms. The summed E-state index contributed by atoms with van der Waals surface area (Å²) in [5.74, 6) is -0.315. The molecule has 0 N–H and O–H groups in total. The molecule has 0 saturated heterocycles. The average Bonchev–Trinajstić information content (AvgIpc) is 2.57. The van der Waals surface area contributed by atoms with E-state index in [0.29, 0.717) is 6.61 Å². The smallest absolute Gasteiger partial charge is 0.332 e. The average molecular weight is 298 g/mol. The van der Waals surface area contributed by atoms with Crippen LogP contribution in [-0.4, -0.2) is 19.2 Å². The number of benzene rings is 2. The molecule has 0 aliphatic carbocycles. The molecule has 0 radical (unpaired) electrons. The Morgan fingerprint density at radius 1 is 0.955 bits per heavy atom. The van der Waals surface area contributed by atoms with Crippen molar-refractivity contribution in [1.82, 2.24) is 0 Å². The van der Waals surface area contributed by atoms with E-state index in [-0.39, 0.29) is 18.7 Å². The lowest BCUT2D eigenvalue weighted by Crippen LogP contribution is -2.17. The molecule has 2 aromatic rings. The van der Waals surface area contributed by atoms with Crippen LogP contribution < -0.4 is 0 Å². The molecule has 2 rings (SSSR count). The zero-order chi connectivity index (χ0) is 15.6. The van der Waals surface area contributed by atoms with Gasteiger partial charge in [0.25, 0.3) is 0 Å². The molecule has 0 fully saturated rings. The molecule has 0 atom stereocenters. The summed E-state index contributed by atoms with van der Waals surface area (Å²) in [6.07, 6.45) is 1.62. The van der Waals surface area contributed by atoms with Crippen molar-refractivity contribution in [3.8, 4) is 0 Å². The molecule has 3 heteroatoms. The lowest BCUT2D eigenvalue weighted by atomic mass is 10.0. The van der Waals surface area contributed by atoms with Crippen molar-refractivity contribution < 1.29 is 14.3 Å². The third kappa shape index (κ3) is 5.01. The molecule has 0 aromatic heterocycles. The summed E-state index contributed by atoms with van der Waals surface area (Å²) < 4.78 is 11.0. The van der Waals surface area contributed by atoms with Crippen molar-refractivity contribution in [1.29, 1.82) is 0 Å². The van der Waals surface area contributed by atoms with E-state index in [4.69, 9.17) is 9.47 Å². The number of unbranched alkanes of at least 4 members (excludes halogenated alkanes) is 1. The molecule has 2 aromatic carbocycles. The van der Waals surface area contributed by atoms with Gasteiger partial charge in [0.1, 0.15) is 12.7 Å². The fraction of sp³-hybridized carbons (Fsp3) is 0.316. The molecule has 0 saturated carbocycles. The number of ether oxygens (including phenoxy) is 2. The predicted molar refractivity (Wildman–Crippen MR) is 86.5 cm³/mol. The van der Waals surface area contributed by atoms with Gasteiger partial charge in [-0.15, -0.1) is 0 Å². The summed E-state index contributed by atoms with van der Waals surface area (Å²) in [7, 11) is 0. The number of esters is 1. The summed E-state index contributed by atoms with van der Waals surface area (Å²) >= 11 is 0. The SMILES string of the molecule is CCCCOC(=O)COC(c1ccccc1)c1ccccc1. The van der Waals surface area contributed by atoms with Crippen LogP contribution in [-0.2, 0) is 14.3 Å². The maximum absolute atomic E-state index is 11.7. The summed E-state index contributed by atoms with van der Waals surface area (Å²) in [6, 6.07) is 19.8. The lowest BCUT2D eigenvalue weighted by molar-refractivity contribution is -0.150. The molecule has 0 amide bonds. The maximum atomic E-state index is 11.7. The largest absolute Gasteiger partial charge is 0.464 e. The van der Waals surface area contributed by atoms with E-state index in [2.05, 4.69) is 6.92 Å². The Balaban J connectivity index is 2.02. The van der Waals surface area contributed by atoms with Crippen molar-refractivity contribution >= 4 is 5.97 Å². The Morgan fingerprint density at radius 2 is 1.50 bits per heavy atom. The van der Waals surface area contributed by atoms with Crippen molar-refractivity contribution in [2.45, 2.75) is 25.9 Å². The molecule has 0 bridgehead atoms. The van der Waals surface area contributed by atoms with Gasteiger partial charge in [0, 0.05) is 0 Å². The Labute approximate surface area is 131 Å². The minimum atomic E-state index is -0.315. The van der Waals surface area contributed by atoms with Gasteiger partial charge in [-0.25, -0.2) is 4.79 Å². The van der Waals surface area contributed by atoms with Gasteiger partial charge < -0.3 is 9.47 Å². The quantitative estimate of drug-likeness (QED) is 0.543. The van der Waals surface area contributed by atoms with Crippen LogP contribution in [0.3, 0.4) is 0 Å². The number of hydrogen-bond acceptors (Lipinski definition) is 3. The van der Waals surface area contributed by atoms with Crippen molar-refractivity contribution in [2.75, 3.05) is 13.2 Å². The third-order valence-corrected chi connectivity index (χ3v) is 3.33. The molecule has 0 heterocycles. The van der Waals surface area contributed by atoms with Gasteiger partial charge in [0.05, 0.1) is 6.61 Å². The van der Waals surface area contributed by atoms with Gasteiger partial charge >= 0.3 is 5.97 Å². The fourth-order valence-corrected chi connectivity index (χ4v) is 2.16. The van der Waals surface area contributed by atoms with Crippen LogP contribution in [0, 0.1) is 0 Å². The summed E-state index contributed by atoms with van der Waals surface area (Å²) in [4.78, 5) is 11.7. The summed E-state index contributed by atoms with van der Waals surface area (Å²) in [5.41, 5.74) is 2.05. The predicted octanol–water partition coefficient (Wildman–Crippen LogP) is 4.14. The number of carbonyl (C=O) groups is 1. The third-order valence-electron chi connectivity index (χ3n) is 3.33. The van der Waals surface area contributed by atoms with Crippen molar-refractivity contribution in [3.05, 3.63) is 71.8 Å². The van der Waals surface area contributed by atoms with Crippen LogP contribution in [0.15, 0.2) is 60.7 Å². The van der Waals surface area contributed by atoms with Gasteiger partial charge in [0.15, 0.2) is 0 Å². The second-order valence-corrected chi connectivity index (χ2v) is 5.09. The van der Waals surface area contributed by atoms with Gasteiger partial charge in [-0.3, -0.25) is 0 Å². The second kappa shape index (κ2) is 9.00. The zero-order valence-electron chi connectivity index (χ0n) is 12.9. The molecule has 116 valence electrons. The van der Waals surface area contributed by atoms with Crippen LogP contribution in [0.2, 0.25) is 0 Å². The molecule has 0 unspecified atom stereocenters. The van der Waals surface area contributed by atoms with Crippen LogP contribution in [0.5, 0.6) is 0 Å². The molecule has 22 heavy (non-hydrogen) atoms. The Morgan fingerprint density at radius 3 is 2.00 bits per heavy atom. The van der Waals surface area contributed by atoms with E-state index in [1.807, 2.05) is 60.7 Å². The molecule has 3 nitrogen and oxygen atoms in total. The van der Waals surface area contributed by atoms with Gasteiger partial charge in [-0.2, -0.15) is 0 Å². The monoisotopic (exact) mass is 298 g/mol. The van der Waals surface area contributed by atoms with Crippen LogP contribution in [0.1, 0.15) is 37.0 Å². The first-order chi connectivity index (χ1) is 10.8. The maximum Gasteiger partial charge on any atom is 0.332 e. The van der Waals surface area contributed by atoms with Crippen molar-refractivity contribution in [2.24, 2.45) is 0 Å². The molecule has 0 aliphatic heterocycles. The van der Waals surface area contributed by atoms with Gasteiger partial charge in [-0.05, 0) is 17.5 Å².